The molecule has 32 heavy (non-hydrogen) atoms. The van der Waals surface area contributed by atoms with Gasteiger partial charge in [-0.2, -0.15) is 0 Å². The highest BCUT2D eigenvalue weighted by atomic mass is 32.2. The zero-order chi connectivity index (χ0) is 22.9. The van der Waals surface area contributed by atoms with Crippen LogP contribution in [0.3, 0.4) is 0 Å². The quantitative estimate of drug-likeness (QED) is 0.681. The summed E-state index contributed by atoms with van der Waals surface area (Å²) >= 11 is 0. The lowest BCUT2D eigenvalue weighted by atomic mass is 10.00. The molecule has 2 aromatic rings. The lowest BCUT2D eigenvalue weighted by Gasteiger charge is -2.29. The number of benzene rings is 2. The number of amides is 1. The average Bonchev–Trinajstić information content (AvgIpc) is 3.21. The highest BCUT2D eigenvalue weighted by Gasteiger charge is 2.26. The molecular formula is C24H30N2O5S. The molecule has 2 aromatic carbocycles. The van der Waals surface area contributed by atoms with E-state index in [1.54, 1.807) is 17.0 Å². The van der Waals surface area contributed by atoms with Gasteiger partial charge < -0.3 is 19.3 Å². The zero-order valence-corrected chi connectivity index (χ0v) is 19.6. The first-order chi connectivity index (χ1) is 15.2. The predicted octanol–water partition coefficient (Wildman–Crippen LogP) is 3.65. The van der Waals surface area contributed by atoms with Crippen LogP contribution in [-0.4, -0.2) is 57.5 Å². The number of ether oxygens (including phenoxy) is 2. The first-order valence-corrected chi connectivity index (χ1v) is 12.9. The van der Waals surface area contributed by atoms with Gasteiger partial charge in [0.1, 0.15) is 11.9 Å². The molecule has 172 valence electrons. The van der Waals surface area contributed by atoms with Gasteiger partial charge in [0, 0.05) is 38.0 Å². The van der Waals surface area contributed by atoms with Gasteiger partial charge in [0.25, 0.3) is 0 Å². The van der Waals surface area contributed by atoms with Crippen LogP contribution >= 0.6 is 0 Å². The van der Waals surface area contributed by atoms with E-state index < -0.39 is 9.84 Å². The van der Waals surface area contributed by atoms with Gasteiger partial charge in [-0.3, -0.25) is 0 Å². The minimum atomic E-state index is -3.19. The van der Waals surface area contributed by atoms with Crippen molar-refractivity contribution in [1.82, 2.24) is 4.90 Å². The molecule has 1 amide bonds. The molecule has 1 unspecified atom stereocenters. The Bertz CT molecular complexity index is 1080. The molecule has 0 N–H and O–H groups in total. The second kappa shape index (κ2) is 9.02. The Morgan fingerprint density at radius 3 is 2.50 bits per heavy atom. The molecule has 0 bridgehead atoms. The van der Waals surface area contributed by atoms with Crippen molar-refractivity contribution in [3.05, 3.63) is 53.6 Å². The number of carbonyl (C=O) groups is 1. The third-order valence-corrected chi connectivity index (χ3v) is 6.99. The maximum absolute atomic E-state index is 12.2. The molecule has 8 heteroatoms. The van der Waals surface area contributed by atoms with Gasteiger partial charge >= 0.3 is 6.09 Å². The molecule has 2 aliphatic rings. The van der Waals surface area contributed by atoms with Crippen molar-refractivity contribution in [3.63, 3.8) is 0 Å². The monoisotopic (exact) mass is 458 g/mol. The Balaban J connectivity index is 1.35. The number of rotatable bonds is 5. The minimum Gasteiger partial charge on any atom is -0.489 e. The smallest absolute Gasteiger partial charge is 0.410 e. The van der Waals surface area contributed by atoms with E-state index in [1.807, 2.05) is 38.1 Å². The number of sulfone groups is 1. The van der Waals surface area contributed by atoms with Crippen molar-refractivity contribution < 1.29 is 22.7 Å². The third-order valence-electron chi connectivity index (χ3n) is 5.86. The Hall–Kier alpha value is -2.74. The molecule has 1 saturated heterocycles. The first-order valence-electron chi connectivity index (χ1n) is 11.0. The zero-order valence-electron chi connectivity index (χ0n) is 18.8. The molecule has 0 aliphatic carbocycles. The maximum atomic E-state index is 12.2. The van der Waals surface area contributed by atoms with Crippen LogP contribution in [0.15, 0.2) is 47.4 Å². The summed E-state index contributed by atoms with van der Waals surface area (Å²) in [5, 5.41) is 0. The summed E-state index contributed by atoms with van der Waals surface area (Å²) in [5.41, 5.74) is 3.34. The maximum Gasteiger partial charge on any atom is 0.410 e. The largest absolute Gasteiger partial charge is 0.489 e. The van der Waals surface area contributed by atoms with Crippen molar-refractivity contribution >= 4 is 21.6 Å². The van der Waals surface area contributed by atoms with Crippen molar-refractivity contribution in [2.45, 2.75) is 50.3 Å². The summed E-state index contributed by atoms with van der Waals surface area (Å²) in [6.07, 6.45) is 2.59. The van der Waals surface area contributed by atoms with Gasteiger partial charge in [-0.15, -0.1) is 0 Å². The van der Waals surface area contributed by atoms with Crippen LogP contribution in [0.2, 0.25) is 0 Å². The van der Waals surface area contributed by atoms with Crippen LogP contribution < -0.4 is 9.64 Å². The third kappa shape index (κ3) is 5.18. The van der Waals surface area contributed by atoms with Crippen LogP contribution in [0, 0.1) is 0 Å². The Morgan fingerprint density at radius 1 is 1.06 bits per heavy atom. The summed E-state index contributed by atoms with van der Waals surface area (Å²) < 4.78 is 34.9. The molecule has 0 saturated carbocycles. The van der Waals surface area contributed by atoms with Crippen molar-refractivity contribution in [2.75, 3.05) is 30.8 Å². The van der Waals surface area contributed by atoms with Gasteiger partial charge in [-0.1, -0.05) is 6.07 Å². The molecule has 1 fully saturated rings. The van der Waals surface area contributed by atoms with Gasteiger partial charge in [-0.05, 0) is 67.8 Å². The summed E-state index contributed by atoms with van der Waals surface area (Å²) in [6, 6.07) is 13.1. The fourth-order valence-electron chi connectivity index (χ4n) is 4.19. The van der Waals surface area contributed by atoms with Crippen LogP contribution in [-0.2, 0) is 27.5 Å². The van der Waals surface area contributed by atoms with Crippen LogP contribution in [0.4, 0.5) is 10.5 Å². The fourth-order valence-corrected chi connectivity index (χ4v) is 4.82. The standard InChI is InChI=1S/C24H30N2O5S/c1-17(2)30-24(27)26-12-10-18-14-21(7-4-19(18)15-26)31-22-11-13-25(16-22)20-5-8-23(9-6-20)32(3,28)29/h4-9,14,17,22H,10-13,15-16H2,1-3H3. The molecule has 2 heterocycles. The van der Waals surface area contributed by atoms with Crippen molar-refractivity contribution in [1.29, 1.82) is 0 Å². The highest BCUT2D eigenvalue weighted by molar-refractivity contribution is 7.90. The summed E-state index contributed by atoms with van der Waals surface area (Å²) in [4.78, 5) is 16.5. The molecule has 7 nitrogen and oxygen atoms in total. The van der Waals surface area contributed by atoms with E-state index in [1.165, 1.54) is 11.8 Å². The Kier molecular flexibility index (Phi) is 6.33. The van der Waals surface area contributed by atoms with Gasteiger partial charge in [0.05, 0.1) is 17.5 Å². The first kappa shape index (κ1) is 22.5. The van der Waals surface area contributed by atoms with Crippen LogP contribution in [0.1, 0.15) is 31.4 Å². The van der Waals surface area contributed by atoms with E-state index >= 15 is 0 Å². The lowest BCUT2D eigenvalue weighted by molar-refractivity contribution is 0.0729. The Labute approximate surface area is 189 Å². The van der Waals surface area contributed by atoms with E-state index in [4.69, 9.17) is 9.47 Å². The van der Waals surface area contributed by atoms with Crippen LogP contribution in [0.5, 0.6) is 5.75 Å². The van der Waals surface area contributed by atoms with E-state index in [0.717, 1.165) is 42.9 Å². The fraction of sp³-hybridized carbons (Fsp3) is 0.458. The highest BCUT2D eigenvalue weighted by Crippen LogP contribution is 2.28. The second-order valence-electron chi connectivity index (χ2n) is 8.78. The van der Waals surface area contributed by atoms with Crippen molar-refractivity contribution in [3.8, 4) is 5.75 Å². The van der Waals surface area contributed by atoms with Gasteiger partial charge in [0.15, 0.2) is 9.84 Å². The van der Waals surface area contributed by atoms with E-state index in [2.05, 4.69) is 11.0 Å². The number of hydrogen-bond acceptors (Lipinski definition) is 6. The van der Waals surface area contributed by atoms with Gasteiger partial charge in [0.2, 0.25) is 0 Å². The molecule has 0 radical (unpaired) electrons. The molecule has 1 atom stereocenters. The lowest BCUT2D eigenvalue weighted by Crippen LogP contribution is -2.37. The number of fused-ring (bicyclic) bond motifs is 1. The molecule has 0 aromatic heterocycles. The second-order valence-corrected chi connectivity index (χ2v) is 10.8. The molecular weight excluding hydrogens is 428 g/mol. The van der Waals surface area contributed by atoms with E-state index in [-0.39, 0.29) is 18.3 Å². The number of hydrogen-bond donors (Lipinski definition) is 0. The summed E-state index contributed by atoms with van der Waals surface area (Å²) in [5.74, 6) is 0.848. The topological polar surface area (TPSA) is 76.2 Å². The van der Waals surface area contributed by atoms with E-state index in [0.29, 0.717) is 18.0 Å². The van der Waals surface area contributed by atoms with Crippen molar-refractivity contribution in [2.24, 2.45) is 0 Å². The average molecular weight is 459 g/mol. The number of nitrogens with zero attached hydrogens (tertiary/aromatic N) is 2. The number of anilines is 1. The number of carbonyl (C=O) groups excluding carboxylic acids is 1. The molecule has 4 rings (SSSR count). The molecule has 2 aliphatic heterocycles. The van der Waals surface area contributed by atoms with E-state index in [9.17, 15) is 13.2 Å². The molecule has 0 spiro atoms. The normalized spacial score (nSPS) is 18.6. The SMILES string of the molecule is CC(C)OC(=O)N1CCc2cc(OC3CCN(c4ccc(S(C)(=O)=O)cc4)C3)ccc2C1. The predicted molar refractivity (Wildman–Crippen MR) is 123 cm³/mol. The Morgan fingerprint density at radius 2 is 1.81 bits per heavy atom. The minimum absolute atomic E-state index is 0.0729. The van der Waals surface area contributed by atoms with Gasteiger partial charge in [-0.25, -0.2) is 13.2 Å². The summed E-state index contributed by atoms with van der Waals surface area (Å²) in [6.45, 7) is 6.53. The van der Waals surface area contributed by atoms with Crippen LogP contribution in [0.25, 0.3) is 0 Å². The summed E-state index contributed by atoms with van der Waals surface area (Å²) in [7, 11) is -3.19.